The topological polar surface area (TPSA) is 51.2 Å². The second-order valence-corrected chi connectivity index (χ2v) is 6.69. The molecule has 0 atom stereocenters. The maximum absolute atomic E-state index is 13.2. The molecule has 0 saturated carbocycles. The average Bonchev–Trinajstić information content (AvgIpc) is 2.94. The Kier molecular flexibility index (Phi) is 4.76. The molecule has 4 nitrogen and oxygen atoms in total. The summed E-state index contributed by atoms with van der Waals surface area (Å²) in [5.74, 6) is 0.392. The zero-order valence-electron chi connectivity index (χ0n) is 13.4. The van der Waals surface area contributed by atoms with Crippen molar-refractivity contribution < 1.29 is 13.9 Å². The smallest absolute Gasteiger partial charge is 0.264 e. The number of halogens is 1. The van der Waals surface area contributed by atoms with Gasteiger partial charge in [-0.15, -0.1) is 0 Å². The zero-order valence-corrected chi connectivity index (χ0v) is 14.2. The minimum absolute atomic E-state index is 0.103. The number of nitrogens with zero attached hydrogens (tertiary/aromatic N) is 1. The van der Waals surface area contributed by atoms with Gasteiger partial charge in [0.15, 0.2) is 11.7 Å². The van der Waals surface area contributed by atoms with E-state index in [1.807, 2.05) is 24.3 Å². The number of rotatable bonds is 5. The first kappa shape index (κ1) is 16.4. The summed E-state index contributed by atoms with van der Waals surface area (Å²) in [5.41, 5.74) is 1.71. The molecule has 1 amide bonds. The maximum Gasteiger partial charge on any atom is 0.264 e. The van der Waals surface area contributed by atoms with E-state index < -0.39 is 0 Å². The van der Waals surface area contributed by atoms with Crippen LogP contribution >= 0.6 is 11.3 Å². The van der Waals surface area contributed by atoms with E-state index >= 15 is 0 Å². The molecule has 0 aliphatic carbocycles. The third-order valence-corrected chi connectivity index (χ3v) is 4.43. The van der Waals surface area contributed by atoms with Gasteiger partial charge in [-0.2, -0.15) is 0 Å². The molecule has 0 radical (unpaired) electrons. The molecule has 24 heavy (non-hydrogen) atoms. The fourth-order valence-corrected chi connectivity index (χ4v) is 3.25. The number of fused-ring (bicyclic) bond motifs is 1. The minimum Gasteiger partial charge on any atom is -0.483 e. The van der Waals surface area contributed by atoms with E-state index in [1.165, 1.54) is 23.5 Å². The van der Waals surface area contributed by atoms with Crippen molar-refractivity contribution in [2.24, 2.45) is 0 Å². The lowest BCUT2D eigenvalue weighted by Crippen LogP contribution is -2.20. The summed E-state index contributed by atoms with van der Waals surface area (Å²) < 4.78 is 19.5. The van der Waals surface area contributed by atoms with E-state index in [4.69, 9.17) is 4.74 Å². The van der Waals surface area contributed by atoms with Gasteiger partial charge in [-0.05, 0) is 35.7 Å². The van der Waals surface area contributed by atoms with Crippen molar-refractivity contribution in [3.63, 3.8) is 0 Å². The molecule has 2 aromatic carbocycles. The Hall–Kier alpha value is -2.47. The molecule has 3 rings (SSSR count). The van der Waals surface area contributed by atoms with E-state index in [0.29, 0.717) is 27.0 Å². The number of carbonyl (C=O) groups is 1. The lowest BCUT2D eigenvalue weighted by molar-refractivity contribution is -0.118. The van der Waals surface area contributed by atoms with Gasteiger partial charge >= 0.3 is 0 Å². The predicted octanol–water partition coefficient (Wildman–Crippen LogP) is 4.58. The number of anilines is 1. The molecule has 0 fully saturated rings. The van der Waals surface area contributed by atoms with Crippen molar-refractivity contribution in [2.75, 3.05) is 11.9 Å². The molecule has 0 spiro atoms. The standard InChI is InChI=1S/C18H17FN2O2S/c1-11(2)13-5-3-4-6-15(13)23-10-17(22)21-18-20-14-8-7-12(19)9-16(14)24-18/h3-9,11H,10H2,1-2H3,(H,20,21,22). The highest BCUT2D eigenvalue weighted by Gasteiger charge is 2.11. The highest BCUT2D eigenvalue weighted by molar-refractivity contribution is 7.22. The number of carbonyl (C=O) groups excluding carboxylic acids is 1. The van der Waals surface area contributed by atoms with Crippen molar-refractivity contribution in [3.8, 4) is 5.75 Å². The van der Waals surface area contributed by atoms with E-state index in [1.54, 1.807) is 6.07 Å². The van der Waals surface area contributed by atoms with E-state index in [2.05, 4.69) is 24.1 Å². The number of nitrogens with one attached hydrogen (secondary N) is 1. The minimum atomic E-state index is -0.322. The van der Waals surface area contributed by atoms with Gasteiger partial charge in [0.1, 0.15) is 11.6 Å². The quantitative estimate of drug-likeness (QED) is 0.737. The van der Waals surface area contributed by atoms with Crippen molar-refractivity contribution in [2.45, 2.75) is 19.8 Å². The molecule has 6 heteroatoms. The number of thiazole rings is 1. The van der Waals surface area contributed by atoms with Crippen LogP contribution in [0.15, 0.2) is 42.5 Å². The average molecular weight is 344 g/mol. The lowest BCUT2D eigenvalue weighted by Gasteiger charge is -2.13. The first-order valence-electron chi connectivity index (χ1n) is 7.60. The first-order valence-corrected chi connectivity index (χ1v) is 8.42. The van der Waals surface area contributed by atoms with Crippen molar-refractivity contribution in [1.29, 1.82) is 0 Å². The molecule has 1 heterocycles. The van der Waals surface area contributed by atoms with Gasteiger partial charge in [0, 0.05) is 0 Å². The molecule has 3 aromatic rings. The van der Waals surface area contributed by atoms with Gasteiger partial charge in [0.2, 0.25) is 0 Å². The normalized spacial score (nSPS) is 11.0. The Balaban J connectivity index is 1.65. The third kappa shape index (κ3) is 3.71. The monoisotopic (exact) mass is 344 g/mol. The maximum atomic E-state index is 13.2. The summed E-state index contributed by atoms with van der Waals surface area (Å²) >= 11 is 1.23. The van der Waals surface area contributed by atoms with Gasteiger partial charge in [-0.3, -0.25) is 10.1 Å². The lowest BCUT2D eigenvalue weighted by atomic mass is 10.0. The Morgan fingerprint density at radius 2 is 2.08 bits per heavy atom. The van der Waals surface area contributed by atoms with Crippen LogP contribution in [0, 0.1) is 5.82 Å². The Morgan fingerprint density at radius 3 is 2.88 bits per heavy atom. The van der Waals surface area contributed by atoms with Gasteiger partial charge in [0.25, 0.3) is 5.91 Å². The van der Waals surface area contributed by atoms with Crippen LogP contribution in [0.1, 0.15) is 25.3 Å². The summed E-state index contributed by atoms with van der Waals surface area (Å²) in [4.78, 5) is 16.3. The largest absolute Gasteiger partial charge is 0.483 e. The van der Waals surface area contributed by atoms with Gasteiger partial charge in [-0.25, -0.2) is 9.37 Å². The fourth-order valence-electron chi connectivity index (χ4n) is 2.34. The molecular formula is C18H17FN2O2S. The van der Waals surface area contributed by atoms with Crippen LogP contribution in [-0.2, 0) is 4.79 Å². The third-order valence-electron chi connectivity index (χ3n) is 3.50. The number of hydrogen-bond acceptors (Lipinski definition) is 4. The number of amides is 1. The van der Waals surface area contributed by atoms with Crippen molar-refractivity contribution in [1.82, 2.24) is 4.98 Å². The predicted molar refractivity (Wildman–Crippen MR) is 94.2 cm³/mol. The SMILES string of the molecule is CC(C)c1ccccc1OCC(=O)Nc1nc2ccc(F)cc2s1. The molecule has 124 valence electrons. The first-order chi connectivity index (χ1) is 11.5. The number of para-hydroxylation sites is 1. The van der Waals surface area contributed by atoms with E-state index in [-0.39, 0.29) is 18.3 Å². The Morgan fingerprint density at radius 1 is 1.29 bits per heavy atom. The molecule has 0 aliphatic heterocycles. The van der Waals surface area contributed by atoms with E-state index in [0.717, 1.165) is 5.56 Å². The summed E-state index contributed by atoms with van der Waals surface area (Å²) in [6, 6.07) is 12.0. The molecule has 1 N–H and O–H groups in total. The van der Waals surface area contributed by atoms with Crippen LogP contribution in [0.5, 0.6) is 5.75 Å². The Bertz CT molecular complexity index is 876. The summed E-state index contributed by atoms with van der Waals surface area (Å²) in [7, 11) is 0. The van der Waals surface area contributed by atoms with Gasteiger partial charge in [0.05, 0.1) is 10.2 Å². The molecular weight excluding hydrogens is 327 g/mol. The molecule has 0 aliphatic rings. The van der Waals surface area contributed by atoms with Crippen molar-refractivity contribution >= 4 is 32.6 Å². The van der Waals surface area contributed by atoms with Crippen LogP contribution in [0.4, 0.5) is 9.52 Å². The summed E-state index contributed by atoms with van der Waals surface area (Å²) in [5, 5.41) is 3.12. The molecule has 0 saturated heterocycles. The Labute approximate surface area is 143 Å². The number of ether oxygens (including phenoxy) is 1. The number of aromatic nitrogens is 1. The van der Waals surface area contributed by atoms with Crippen LogP contribution in [0.25, 0.3) is 10.2 Å². The molecule has 1 aromatic heterocycles. The van der Waals surface area contributed by atoms with Gasteiger partial charge < -0.3 is 4.74 Å². The van der Waals surface area contributed by atoms with Crippen LogP contribution in [-0.4, -0.2) is 17.5 Å². The fraction of sp³-hybridized carbons (Fsp3) is 0.222. The van der Waals surface area contributed by atoms with Crippen LogP contribution in [0.3, 0.4) is 0 Å². The second-order valence-electron chi connectivity index (χ2n) is 5.66. The summed E-state index contributed by atoms with van der Waals surface area (Å²) in [6.07, 6.45) is 0. The zero-order chi connectivity index (χ0) is 17.1. The summed E-state index contributed by atoms with van der Waals surface area (Å²) in [6.45, 7) is 4.04. The molecule has 0 unspecified atom stereocenters. The number of hydrogen-bond donors (Lipinski definition) is 1. The highest BCUT2D eigenvalue weighted by Crippen LogP contribution is 2.27. The van der Waals surface area contributed by atoms with Crippen LogP contribution in [0.2, 0.25) is 0 Å². The van der Waals surface area contributed by atoms with Gasteiger partial charge in [-0.1, -0.05) is 43.4 Å². The van der Waals surface area contributed by atoms with E-state index in [9.17, 15) is 9.18 Å². The highest BCUT2D eigenvalue weighted by atomic mass is 32.1. The molecule has 0 bridgehead atoms. The van der Waals surface area contributed by atoms with Crippen molar-refractivity contribution in [3.05, 3.63) is 53.8 Å². The number of benzene rings is 2. The van der Waals surface area contributed by atoms with Crippen LogP contribution < -0.4 is 10.1 Å². The second kappa shape index (κ2) is 6.97.